The fourth-order valence-corrected chi connectivity index (χ4v) is 2.16. The maximum atomic E-state index is 12.5. The lowest BCUT2D eigenvalue weighted by Crippen LogP contribution is -2.04. The molecule has 0 saturated carbocycles. The van der Waals surface area contributed by atoms with Gasteiger partial charge < -0.3 is 0 Å². The van der Waals surface area contributed by atoms with Gasteiger partial charge in [-0.1, -0.05) is 23.5 Å². The van der Waals surface area contributed by atoms with Crippen molar-refractivity contribution >= 4 is 22.9 Å². The van der Waals surface area contributed by atoms with Gasteiger partial charge in [0.05, 0.1) is 11.4 Å². The van der Waals surface area contributed by atoms with Crippen molar-refractivity contribution in [2.45, 2.75) is 12.1 Å². The Bertz CT molecular complexity index is 524. The van der Waals surface area contributed by atoms with Crippen molar-refractivity contribution in [1.82, 2.24) is 10.2 Å². The average molecular weight is 279 g/mol. The maximum absolute atomic E-state index is 12.5. The van der Waals surface area contributed by atoms with E-state index in [-0.39, 0.29) is 5.88 Å². The van der Waals surface area contributed by atoms with Gasteiger partial charge in [0.1, 0.15) is 10.0 Å². The van der Waals surface area contributed by atoms with Crippen molar-refractivity contribution in [3.63, 3.8) is 0 Å². The summed E-state index contributed by atoms with van der Waals surface area (Å²) in [4.78, 5) is 0. The van der Waals surface area contributed by atoms with Crippen LogP contribution in [-0.2, 0) is 12.1 Å². The van der Waals surface area contributed by atoms with Gasteiger partial charge in [0.25, 0.3) is 0 Å². The summed E-state index contributed by atoms with van der Waals surface area (Å²) < 4.78 is 37.5. The molecule has 1 aromatic carbocycles. The molecular weight excluding hydrogens is 273 g/mol. The molecule has 0 aliphatic rings. The standard InChI is InChI=1S/C10H6ClF3N2S/c11-5-8-15-16-9(17-8)6-2-1-3-7(4-6)10(12,13)14/h1-4H,5H2. The van der Waals surface area contributed by atoms with E-state index in [0.717, 1.165) is 12.1 Å². The lowest BCUT2D eigenvalue weighted by atomic mass is 10.1. The minimum absolute atomic E-state index is 0.205. The normalized spacial score (nSPS) is 11.8. The number of hydrogen-bond acceptors (Lipinski definition) is 3. The maximum Gasteiger partial charge on any atom is 0.416 e. The zero-order chi connectivity index (χ0) is 12.5. The minimum atomic E-state index is -4.35. The number of benzene rings is 1. The van der Waals surface area contributed by atoms with Crippen molar-refractivity contribution in [1.29, 1.82) is 0 Å². The predicted molar refractivity (Wildman–Crippen MR) is 59.9 cm³/mol. The average Bonchev–Trinajstić information content (AvgIpc) is 2.76. The van der Waals surface area contributed by atoms with Crippen LogP contribution in [0.1, 0.15) is 10.6 Å². The van der Waals surface area contributed by atoms with Gasteiger partial charge in [-0.05, 0) is 12.1 Å². The molecule has 17 heavy (non-hydrogen) atoms. The van der Waals surface area contributed by atoms with Crippen LogP contribution in [0.15, 0.2) is 24.3 Å². The molecule has 0 radical (unpaired) electrons. The van der Waals surface area contributed by atoms with Crippen molar-refractivity contribution in [3.05, 3.63) is 34.8 Å². The van der Waals surface area contributed by atoms with E-state index < -0.39 is 11.7 Å². The van der Waals surface area contributed by atoms with Gasteiger partial charge in [-0.15, -0.1) is 21.8 Å². The minimum Gasteiger partial charge on any atom is -0.166 e. The van der Waals surface area contributed by atoms with Gasteiger partial charge in [0.15, 0.2) is 0 Å². The second-order valence-corrected chi connectivity index (χ2v) is 4.54. The van der Waals surface area contributed by atoms with Crippen LogP contribution in [0.3, 0.4) is 0 Å². The molecule has 90 valence electrons. The summed E-state index contributed by atoms with van der Waals surface area (Å²) in [6, 6.07) is 4.99. The lowest BCUT2D eigenvalue weighted by Gasteiger charge is -2.06. The number of aromatic nitrogens is 2. The monoisotopic (exact) mass is 278 g/mol. The Hall–Kier alpha value is -1.14. The Balaban J connectivity index is 2.39. The second-order valence-electron chi connectivity index (χ2n) is 3.21. The molecule has 0 atom stereocenters. The number of alkyl halides is 4. The first-order valence-corrected chi connectivity index (χ1v) is 5.92. The largest absolute Gasteiger partial charge is 0.416 e. The highest BCUT2D eigenvalue weighted by atomic mass is 35.5. The van der Waals surface area contributed by atoms with Gasteiger partial charge >= 0.3 is 6.18 Å². The summed E-state index contributed by atoms with van der Waals surface area (Å²) in [5.41, 5.74) is -0.300. The van der Waals surface area contributed by atoms with Gasteiger partial charge in [0.2, 0.25) is 0 Å². The molecule has 0 saturated heterocycles. The summed E-state index contributed by atoms with van der Waals surface area (Å²) in [5, 5.41) is 8.57. The summed E-state index contributed by atoms with van der Waals surface area (Å²) in [6.07, 6.45) is -4.35. The highest BCUT2D eigenvalue weighted by Crippen LogP contribution is 2.33. The van der Waals surface area contributed by atoms with Crippen LogP contribution in [0.5, 0.6) is 0 Å². The van der Waals surface area contributed by atoms with E-state index in [2.05, 4.69) is 10.2 Å². The summed E-state index contributed by atoms with van der Waals surface area (Å²) in [7, 11) is 0. The third-order valence-corrected chi connectivity index (χ3v) is 3.40. The van der Waals surface area contributed by atoms with Crippen LogP contribution < -0.4 is 0 Å². The van der Waals surface area contributed by atoms with E-state index >= 15 is 0 Å². The summed E-state index contributed by atoms with van der Waals surface area (Å²) in [6.45, 7) is 0. The molecule has 0 N–H and O–H groups in total. The Kier molecular flexibility index (Phi) is 3.35. The summed E-state index contributed by atoms with van der Waals surface area (Å²) in [5.74, 6) is 0.205. The first-order chi connectivity index (χ1) is 8.00. The Morgan fingerprint density at radius 3 is 2.59 bits per heavy atom. The molecule has 0 aliphatic heterocycles. The number of hydrogen-bond donors (Lipinski definition) is 0. The van der Waals surface area contributed by atoms with Crippen LogP contribution in [0, 0.1) is 0 Å². The first kappa shape index (κ1) is 12.3. The third kappa shape index (κ3) is 2.76. The van der Waals surface area contributed by atoms with Crippen LogP contribution in [0.2, 0.25) is 0 Å². The van der Waals surface area contributed by atoms with Crippen molar-refractivity contribution in [2.75, 3.05) is 0 Å². The molecule has 0 unspecified atom stereocenters. The van der Waals surface area contributed by atoms with Crippen LogP contribution in [-0.4, -0.2) is 10.2 Å². The Labute approximate surface area is 104 Å². The smallest absolute Gasteiger partial charge is 0.166 e. The molecule has 2 rings (SSSR count). The molecule has 0 bridgehead atoms. The summed E-state index contributed by atoms with van der Waals surface area (Å²) >= 11 is 6.74. The zero-order valence-electron chi connectivity index (χ0n) is 8.33. The van der Waals surface area contributed by atoms with Crippen LogP contribution >= 0.6 is 22.9 Å². The van der Waals surface area contributed by atoms with Crippen molar-refractivity contribution in [2.24, 2.45) is 0 Å². The van der Waals surface area contributed by atoms with Crippen molar-refractivity contribution < 1.29 is 13.2 Å². The number of halogens is 4. The molecule has 1 aromatic heterocycles. The topological polar surface area (TPSA) is 25.8 Å². The first-order valence-electron chi connectivity index (χ1n) is 4.56. The highest BCUT2D eigenvalue weighted by Gasteiger charge is 2.30. The molecule has 1 heterocycles. The van der Waals surface area contributed by atoms with E-state index in [4.69, 9.17) is 11.6 Å². The molecule has 2 aromatic rings. The van der Waals surface area contributed by atoms with Crippen LogP contribution in [0.25, 0.3) is 10.6 Å². The van der Waals surface area contributed by atoms with E-state index in [9.17, 15) is 13.2 Å². The van der Waals surface area contributed by atoms with E-state index in [1.807, 2.05) is 0 Å². The molecule has 0 fully saturated rings. The third-order valence-electron chi connectivity index (χ3n) is 2.02. The molecule has 0 aliphatic carbocycles. The quantitative estimate of drug-likeness (QED) is 0.777. The SMILES string of the molecule is FC(F)(F)c1cccc(-c2nnc(CCl)s2)c1. The highest BCUT2D eigenvalue weighted by molar-refractivity contribution is 7.14. The van der Waals surface area contributed by atoms with Crippen LogP contribution in [0.4, 0.5) is 13.2 Å². The molecular formula is C10H6ClF3N2S. The molecule has 0 spiro atoms. The number of rotatable bonds is 2. The van der Waals surface area contributed by atoms with E-state index in [1.165, 1.54) is 17.4 Å². The lowest BCUT2D eigenvalue weighted by molar-refractivity contribution is -0.137. The van der Waals surface area contributed by atoms with Gasteiger partial charge in [-0.3, -0.25) is 0 Å². The number of nitrogens with zero attached hydrogens (tertiary/aromatic N) is 2. The predicted octanol–water partition coefficient (Wildman–Crippen LogP) is 3.96. The molecule has 2 nitrogen and oxygen atoms in total. The Morgan fingerprint density at radius 2 is 2.00 bits per heavy atom. The van der Waals surface area contributed by atoms with E-state index in [1.54, 1.807) is 6.07 Å². The molecule has 0 amide bonds. The fraction of sp³-hybridized carbons (Fsp3) is 0.200. The molecule has 7 heteroatoms. The van der Waals surface area contributed by atoms with Crippen molar-refractivity contribution in [3.8, 4) is 10.6 Å². The fourth-order valence-electron chi connectivity index (χ4n) is 1.25. The zero-order valence-corrected chi connectivity index (χ0v) is 9.90. The van der Waals surface area contributed by atoms with Gasteiger partial charge in [-0.25, -0.2) is 0 Å². The van der Waals surface area contributed by atoms with E-state index in [0.29, 0.717) is 15.6 Å². The Morgan fingerprint density at radius 1 is 1.24 bits per heavy atom. The van der Waals surface area contributed by atoms with Gasteiger partial charge in [0, 0.05) is 5.56 Å². The van der Waals surface area contributed by atoms with Gasteiger partial charge in [-0.2, -0.15) is 13.2 Å². The second kappa shape index (κ2) is 4.62.